The van der Waals surface area contributed by atoms with E-state index in [-0.39, 0.29) is 29.2 Å². The largest absolute Gasteiger partial charge is 0.376 e. The predicted molar refractivity (Wildman–Crippen MR) is 149 cm³/mol. The number of hydrogen-bond donors (Lipinski definition) is 2. The van der Waals surface area contributed by atoms with Crippen LogP contribution in [0.25, 0.3) is 0 Å². The van der Waals surface area contributed by atoms with Gasteiger partial charge in [0.25, 0.3) is 11.8 Å². The number of anilines is 1. The Balaban J connectivity index is 1.24. The number of ether oxygens (including phenoxy) is 1. The number of amides is 3. The second kappa shape index (κ2) is 12.0. The molecule has 7 nitrogen and oxygen atoms in total. The first-order chi connectivity index (χ1) is 18.5. The molecule has 0 aromatic heterocycles. The van der Waals surface area contributed by atoms with Crippen LogP contribution in [-0.4, -0.2) is 47.6 Å². The van der Waals surface area contributed by atoms with Gasteiger partial charge in [-0.05, 0) is 60.4 Å². The molecule has 38 heavy (non-hydrogen) atoms. The second-order valence-corrected chi connectivity index (χ2v) is 10.8. The van der Waals surface area contributed by atoms with E-state index in [1.165, 1.54) is 0 Å². The molecule has 3 amide bonds. The summed E-state index contributed by atoms with van der Waals surface area (Å²) in [4.78, 5) is 40.2. The van der Waals surface area contributed by atoms with Crippen LogP contribution in [0.4, 0.5) is 5.69 Å². The Hall–Kier alpha value is -3.33. The van der Waals surface area contributed by atoms with E-state index in [1.54, 1.807) is 48.2 Å². The average molecular weight is 550 g/mol. The molecule has 2 heterocycles. The van der Waals surface area contributed by atoms with Gasteiger partial charge in [0.2, 0.25) is 5.91 Å². The fourth-order valence-electron chi connectivity index (χ4n) is 4.58. The molecule has 0 saturated carbocycles. The summed E-state index contributed by atoms with van der Waals surface area (Å²) in [5.41, 5.74) is 3.25. The number of nitrogens with one attached hydrogen (secondary N) is 2. The molecular weight excluding hydrogens is 522 g/mol. The van der Waals surface area contributed by atoms with Crippen LogP contribution in [-0.2, 0) is 16.1 Å². The first-order valence-electron chi connectivity index (χ1n) is 12.5. The third-order valence-electron chi connectivity index (χ3n) is 6.63. The number of rotatable bonds is 8. The van der Waals surface area contributed by atoms with E-state index in [4.69, 9.17) is 16.3 Å². The molecule has 0 radical (unpaired) electrons. The standard InChI is InChI=1S/C29H28ClN3O4S/c30-22-13-7-19(8-14-22)17-33-26(34)18-38-29(33)21-11-9-20(10-12-21)27(35)32-25-6-2-1-5-24(25)28(36)31-16-23-4-3-15-37-23/h1-2,5-14,23,29H,3-4,15-18H2,(H,31,36)(H,32,35)/t23-,29-/m1/s1. The van der Waals surface area contributed by atoms with Crippen LogP contribution in [0.15, 0.2) is 72.8 Å². The number of benzene rings is 3. The van der Waals surface area contributed by atoms with Crippen LogP contribution < -0.4 is 10.6 Å². The van der Waals surface area contributed by atoms with Gasteiger partial charge in [0, 0.05) is 30.3 Å². The molecule has 2 N–H and O–H groups in total. The van der Waals surface area contributed by atoms with Crippen LogP contribution in [0.1, 0.15) is 50.1 Å². The van der Waals surface area contributed by atoms with Crippen molar-refractivity contribution in [3.63, 3.8) is 0 Å². The number of hydrogen-bond acceptors (Lipinski definition) is 5. The Morgan fingerprint density at radius 2 is 1.76 bits per heavy atom. The molecule has 196 valence electrons. The Morgan fingerprint density at radius 1 is 1.00 bits per heavy atom. The van der Waals surface area contributed by atoms with Gasteiger partial charge in [-0.25, -0.2) is 0 Å². The van der Waals surface area contributed by atoms with Crippen LogP contribution in [0.3, 0.4) is 0 Å². The fourth-order valence-corrected chi connectivity index (χ4v) is 5.89. The molecule has 0 bridgehead atoms. The Labute approximate surface area is 230 Å². The van der Waals surface area contributed by atoms with Crippen molar-refractivity contribution >= 4 is 46.8 Å². The van der Waals surface area contributed by atoms with Crippen LogP contribution >= 0.6 is 23.4 Å². The van der Waals surface area contributed by atoms with Gasteiger partial charge < -0.3 is 20.3 Å². The van der Waals surface area contributed by atoms with Crippen molar-refractivity contribution in [1.29, 1.82) is 0 Å². The highest BCUT2D eigenvalue weighted by atomic mass is 35.5. The highest BCUT2D eigenvalue weighted by molar-refractivity contribution is 8.00. The molecule has 3 aromatic carbocycles. The lowest BCUT2D eigenvalue weighted by Gasteiger charge is -2.24. The number of para-hydroxylation sites is 1. The zero-order chi connectivity index (χ0) is 26.5. The van der Waals surface area contributed by atoms with Crippen molar-refractivity contribution in [3.8, 4) is 0 Å². The number of halogens is 1. The lowest BCUT2D eigenvalue weighted by Crippen LogP contribution is -2.32. The third-order valence-corrected chi connectivity index (χ3v) is 8.13. The van der Waals surface area contributed by atoms with Gasteiger partial charge in [0.05, 0.1) is 23.1 Å². The van der Waals surface area contributed by atoms with Gasteiger partial charge in [0.15, 0.2) is 0 Å². The lowest BCUT2D eigenvalue weighted by atomic mass is 10.1. The SMILES string of the molecule is O=C(Nc1ccccc1C(=O)NC[C@H]1CCCO1)c1ccc([C@H]2SCC(=O)N2Cc2ccc(Cl)cc2)cc1. The van der Waals surface area contributed by atoms with E-state index < -0.39 is 0 Å². The highest BCUT2D eigenvalue weighted by Gasteiger charge is 2.32. The van der Waals surface area contributed by atoms with Gasteiger partial charge in [0.1, 0.15) is 5.37 Å². The maximum atomic E-state index is 13.0. The number of carbonyl (C=O) groups is 3. The molecule has 2 fully saturated rings. The van der Waals surface area contributed by atoms with Crippen molar-refractivity contribution in [2.24, 2.45) is 0 Å². The van der Waals surface area contributed by atoms with E-state index in [9.17, 15) is 14.4 Å². The Kier molecular flexibility index (Phi) is 8.32. The minimum atomic E-state index is -0.316. The quantitative estimate of drug-likeness (QED) is 0.399. The zero-order valence-corrected chi connectivity index (χ0v) is 22.3. The van der Waals surface area contributed by atoms with E-state index in [1.807, 2.05) is 41.3 Å². The summed E-state index contributed by atoms with van der Waals surface area (Å²) >= 11 is 7.56. The number of carbonyl (C=O) groups excluding carboxylic acids is 3. The van der Waals surface area contributed by atoms with Crippen molar-refractivity contribution in [2.45, 2.75) is 30.9 Å². The van der Waals surface area contributed by atoms with Gasteiger partial charge in [-0.2, -0.15) is 0 Å². The number of nitrogens with zero attached hydrogens (tertiary/aromatic N) is 1. The van der Waals surface area contributed by atoms with Crippen molar-refractivity contribution in [1.82, 2.24) is 10.2 Å². The Morgan fingerprint density at radius 3 is 2.50 bits per heavy atom. The summed E-state index contributed by atoms with van der Waals surface area (Å²) in [6.07, 6.45) is 1.97. The summed E-state index contributed by atoms with van der Waals surface area (Å²) in [5, 5.41) is 6.29. The minimum absolute atomic E-state index is 0.0367. The molecule has 0 aliphatic carbocycles. The Bertz CT molecular complexity index is 1310. The normalized spacial score (nSPS) is 19.0. The molecule has 2 saturated heterocycles. The monoisotopic (exact) mass is 549 g/mol. The van der Waals surface area contributed by atoms with Gasteiger partial charge in [-0.1, -0.05) is 48.0 Å². The maximum absolute atomic E-state index is 13.0. The van der Waals surface area contributed by atoms with E-state index >= 15 is 0 Å². The zero-order valence-electron chi connectivity index (χ0n) is 20.7. The predicted octanol–water partition coefficient (Wildman–Crippen LogP) is 5.28. The lowest BCUT2D eigenvalue weighted by molar-refractivity contribution is -0.128. The molecule has 0 spiro atoms. The fraction of sp³-hybridized carbons (Fsp3) is 0.276. The molecular formula is C29H28ClN3O4S. The summed E-state index contributed by atoms with van der Waals surface area (Å²) < 4.78 is 5.57. The van der Waals surface area contributed by atoms with Crippen molar-refractivity contribution in [3.05, 3.63) is 100 Å². The third kappa shape index (κ3) is 6.20. The molecule has 9 heteroatoms. The molecule has 2 atom stereocenters. The van der Waals surface area contributed by atoms with Crippen molar-refractivity contribution < 1.29 is 19.1 Å². The summed E-state index contributed by atoms with van der Waals surface area (Å²) in [6, 6.07) is 21.7. The first-order valence-corrected chi connectivity index (χ1v) is 14.0. The maximum Gasteiger partial charge on any atom is 0.255 e. The highest BCUT2D eigenvalue weighted by Crippen LogP contribution is 2.39. The van der Waals surface area contributed by atoms with Crippen molar-refractivity contribution in [2.75, 3.05) is 24.2 Å². The van der Waals surface area contributed by atoms with Crippen LogP contribution in [0.2, 0.25) is 5.02 Å². The van der Waals surface area contributed by atoms with Gasteiger partial charge in [-0.15, -0.1) is 11.8 Å². The molecule has 2 aliphatic rings. The second-order valence-electron chi connectivity index (χ2n) is 9.28. The summed E-state index contributed by atoms with van der Waals surface area (Å²) in [6.45, 7) is 1.66. The smallest absolute Gasteiger partial charge is 0.255 e. The molecule has 3 aromatic rings. The van der Waals surface area contributed by atoms with Crippen LogP contribution in [0, 0.1) is 0 Å². The topological polar surface area (TPSA) is 87.7 Å². The number of thioether (sulfide) groups is 1. The van der Waals surface area contributed by atoms with E-state index in [2.05, 4.69) is 10.6 Å². The first kappa shape index (κ1) is 26.3. The average Bonchev–Trinajstić information content (AvgIpc) is 3.59. The van der Waals surface area contributed by atoms with Crippen LogP contribution in [0.5, 0.6) is 0 Å². The summed E-state index contributed by atoms with van der Waals surface area (Å²) in [5.74, 6) is -0.0858. The van der Waals surface area contributed by atoms with Gasteiger partial charge in [-0.3, -0.25) is 14.4 Å². The molecule has 5 rings (SSSR count). The minimum Gasteiger partial charge on any atom is -0.376 e. The summed E-state index contributed by atoms with van der Waals surface area (Å²) in [7, 11) is 0. The van der Waals surface area contributed by atoms with E-state index in [0.29, 0.717) is 40.7 Å². The molecule has 0 unspecified atom stereocenters. The van der Waals surface area contributed by atoms with E-state index in [0.717, 1.165) is 30.6 Å². The molecule has 2 aliphatic heterocycles. The van der Waals surface area contributed by atoms with Gasteiger partial charge >= 0.3 is 0 Å².